The Morgan fingerprint density at radius 2 is 1.85 bits per heavy atom. The summed E-state index contributed by atoms with van der Waals surface area (Å²) in [7, 11) is 0. The van der Waals surface area contributed by atoms with Crippen molar-refractivity contribution in [1.82, 2.24) is 9.97 Å². The summed E-state index contributed by atoms with van der Waals surface area (Å²) >= 11 is 1.42. The van der Waals surface area contributed by atoms with Crippen LogP contribution in [0.3, 0.4) is 0 Å². The van der Waals surface area contributed by atoms with Crippen LogP contribution in [0.4, 0.5) is 8.78 Å². The van der Waals surface area contributed by atoms with Gasteiger partial charge in [0.25, 0.3) is 0 Å². The highest BCUT2D eigenvalue weighted by Crippen LogP contribution is 2.33. The topological polar surface area (TPSA) is 80.7 Å². The molecule has 2 heterocycles. The Morgan fingerprint density at radius 3 is 2.62 bits per heavy atom. The molecule has 0 saturated carbocycles. The van der Waals surface area contributed by atoms with E-state index in [1.807, 2.05) is 17.5 Å². The van der Waals surface area contributed by atoms with Crippen molar-refractivity contribution in [2.75, 3.05) is 0 Å². The lowest BCUT2D eigenvalue weighted by atomic mass is 9.92. The van der Waals surface area contributed by atoms with Gasteiger partial charge in [-0.1, -0.05) is 18.2 Å². The maximum atomic E-state index is 14.7. The fourth-order valence-corrected chi connectivity index (χ4v) is 3.68. The van der Waals surface area contributed by atoms with Crippen molar-refractivity contribution in [2.45, 2.75) is 12.1 Å². The van der Waals surface area contributed by atoms with Gasteiger partial charge in [0.2, 0.25) is 0 Å². The minimum absolute atomic E-state index is 0.0543. The van der Waals surface area contributed by atoms with Crippen LogP contribution in [0.15, 0.2) is 53.5 Å². The Morgan fingerprint density at radius 1 is 1.00 bits per heavy atom. The van der Waals surface area contributed by atoms with Gasteiger partial charge in [-0.25, -0.2) is 13.8 Å². The molecule has 0 bridgehead atoms. The molecule has 0 aliphatic rings. The number of hydrogen-bond donors (Lipinski definition) is 3. The third kappa shape index (κ3) is 2.80. The van der Waals surface area contributed by atoms with Crippen molar-refractivity contribution in [2.24, 2.45) is 11.5 Å². The first-order valence-electron chi connectivity index (χ1n) is 8.01. The average molecular weight is 370 g/mol. The number of hydrogen-bond acceptors (Lipinski definition) is 4. The van der Waals surface area contributed by atoms with Gasteiger partial charge in [-0.3, -0.25) is 0 Å². The number of aromatic amines is 1. The average Bonchev–Trinajstić information content (AvgIpc) is 3.33. The Kier molecular flexibility index (Phi) is 4.28. The van der Waals surface area contributed by atoms with Crippen molar-refractivity contribution in [3.8, 4) is 11.1 Å². The van der Waals surface area contributed by atoms with E-state index in [9.17, 15) is 8.78 Å². The third-order valence-electron chi connectivity index (χ3n) is 4.52. The van der Waals surface area contributed by atoms with Gasteiger partial charge in [0.15, 0.2) is 11.6 Å². The van der Waals surface area contributed by atoms with Crippen LogP contribution >= 0.6 is 11.3 Å². The van der Waals surface area contributed by atoms with Crippen LogP contribution in [0, 0.1) is 11.6 Å². The first-order chi connectivity index (χ1) is 12.6. The van der Waals surface area contributed by atoms with E-state index in [2.05, 4.69) is 9.97 Å². The molecule has 0 radical (unpaired) electrons. The Bertz CT molecular complexity index is 1060. The highest BCUT2D eigenvalue weighted by molar-refractivity contribution is 7.08. The summed E-state index contributed by atoms with van der Waals surface area (Å²) in [5.41, 5.74) is 15.6. The molecule has 0 aliphatic heterocycles. The quantitative estimate of drug-likeness (QED) is 0.502. The van der Waals surface area contributed by atoms with Crippen LogP contribution in [0.2, 0.25) is 0 Å². The van der Waals surface area contributed by atoms with Gasteiger partial charge >= 0.3 is 0 Å². The zero-order valence-corrected chi connectivity index (χ0v) is 14.4. The molecule has 0 aliphatic carbocycles. The van der Waals surface area contributed by atoms with Gasteiger partial charge in [0, 0.05) is 17.2 Å². The smallest absolute Gasteiger partial charge is 0.167 e. The highest BCUT2D eigenvalue weighted by atomic mass is 32.1. The summed E-state index contributed by atoms with van der Waals surface area (Å²) < 4.78 is 29.2. The molecule has 26 heavy (non-hydrogen) atoms. The molecule has 2 aromatic carbocycles. The zero-order valence-electron chi connectivity index (χ0n) is 13.6. The molecule has 4 aromatic rings. The van der Waals surface area contributed by atoms with Gasteiger partial charge < -0.3 is 16.5 Å². The van der Waals surface area contributed by atoms with Crippen molar-refractivity contribution in [3.05, 3.63) is 76.2 Å². The third-order valence-corrected chi connectivity index (χ3v) is 5.20. The van der Waals surface area contributed by atoms with Crippen LogP contribution in [0.5, 0.6) is 0 Å². The van der Waals surface area contributed by atoms with Crippen molar-refractivity contribution in [3.63, 3.8) is 0 Å². The van der Waals surface area contributed by atoms with E-state index >= 15 is 0 Å². The van der Waals surface area contributed by atoms with Crippen LogP contribution in [-0.2, 0) is 0 Å². The molecule has 4 nitrogen and oxygen atoms in total. The number of aromatic nitrogens is 2. The van der Waals surface area contributed by atoms with E-state index in [-0.39, 0.29) is 11.1 Å². The maximum Gasteiger partial charge on any atom is 0.167 e. The molecule has 0 amide bonds. The van der Waals surface area contributed by atoms with Crippen molar-refractivity contribution < 1.29 is 8.78 Å². The molecule has 7 heteroatoms. The summed E-state index contributed by atoms with van der Waals surface area (Å²) in [5.74, 6) is -1.87. The molecular weight excluding hydrogens is 354 g/mol. The second kappa shape index (κ2) is 6.60. The Balaban J connectivity index is 1.69. The van der Waals surface area contributed by atoms with Crippen molar-refractivity contribution in [1.29, 1.82) is 0 Å². The van der Waals surface area contributed by atoms with E-state index in [1.165, 1.54) is 17.4 Å². The second-order valence-electron chi connectivity index (χ2n) is 6.07. The standard InChI is InChI=1S/C19H16F2N4S/c20-16-12(11-5-6-26-8-11)2-3-13(17(16)21)19(23)18(22)10-1-4-14-15(7-10)25-9-24-14/h1-9,18-19H,22-23H2,(H,24,25). The minimum atomic E-state index is -0.959. The first kappa shape index (κ1) is 16.8. The second-order valence-corrected chi connectivity index (χ2v) is 6.85. The molecule has 4 rings (SSSR count). The number of halogens is 2. The number of benzene rings is 2. The normalized spacial score (nSPS) is 13.8. The number of fused-ring (bicyclic) bond motifs is 1. The number of rotatable bonds is 4. The number of nitrogens with two attached hydrogens (primary N) is 2. The fourth-order valence-electron chi connectivity index (χ4n) is 3.02. The van der Waals surface area contributed by atoms with E-state index in [0.717, 1.165) is 16.6 Å². The van der Waals surface area contributed by atoms with E-state index in [0.29, 0.717) is 5.56 Å². The molecule has 2 unspecified atom stereocenters. The molecule has 132 valence electrons. The van der Waals surface area contributed by atoms with Crippen LogP contribution in [0.25, 0.3) is 22.2 Å². The lowest BCUT2D eigenvalue weighted by Crippen LogP contribution is -2.27. The summed E-state index contributed by atoms with van der Waals surface area (Å²) in [6.45, 7) is 0. The number of imidazole rings is 1. The predicted molar refractivity (Wildman–Crippen MR) is 99.6 cm³/mol. The summed E-state index contributed by atoms with van der Waals surface area (Å²) in [6.07, 6.45) is 1.58. The number of nitrogens with zero attached hydrogens (tertiary/aromatic N) is 1. The van der Waals surface area contributed by atoms with Crippen LogP contribution in [-0.4, -0.2) is 9.97 Å². The van der Waals surface area contributed by atoms with E-state index in [4.69, 9.17) is 11.5 Å². The van der Waals surface area contributed by atoms with Gasteiger partial charge in [0.1, 0.15) is 0 Å². The van der Waals surface area contributed by atoms with Crippen LogP contribution < -0.4 is 11.5 Å². The number of thiophene rings is 1. The van der Waals surface area contributed by atoms with Crippen LogP contribution in [0.1, 0.15) is 23.2 Å². The number of nitrogens with one attached hydrogen (secondary N) is 1. The van der Waals surface area contributed by atoms with E-state index < -0.39 is 23.7 Å². The molecule has 0 fully saturated rings. The summed E-state index contributed by atoms with van der Waals surface area (Å²) in [4.78, 5) is 7.14. The summed E-state index contributed by atoms with van der Waals surface area (Å²) in [5, 5.41) is 3.58. The fraction of sp³-hybridized carbons (Fsp3) is 0.105. The molecular formula is C19H16F2N4S. The Hall–Kier alpha value is -2.61. The zero-order chi connectivity index (χ0) is 18.3. The van der Waals surface area contributed by atoms with Crippen molar-refractivity contribution >= 4 is 22.4 Å². The van der Waals surface area contributed by atoms with Gasteiger partial charge in [-0.15, -0.1) is 0 Å². The molecule has 2 aromatic heterocycles. The maximum absolute atomic E-state index is 14.7. The molecule has 0 spiro atoms. The first-order valence-corrected chi connectivity index (χ1v) is 8.95. The predicted octanol–water partition coefficient (Wildman–Crippen LogP) is 4.27. The molecule has 2 atom stereocenters. The van der Waals surface area contributed by atoms with Gasteiger partial charge in [0.05, 0.1) is 23.4 Å². The highest BCUT2D eigenvalue weighted by Gasteiger charge is 2.24. The lowest BCUT2D eigenvalue weighted by Gasteiger charge is -2.22. The van der Waals surface area contributed by atoms with Gasteiger partial charge in [-0.05, 0) is 40.1 Å². The summed E-state index contributed by atoms with van der Waals surface area (Å²) in [6, 6.07) is 8.64. The van der Waals surface area contributed by atoms with Gasteiger partial charge in [-0.2, -0.15) is 11.3 Å². The lowest BCUT2D eigenvalue weighted by molar-refractivity contribution is 0.473. The molecule has 0 saturated heterocycles. The Labute approximate surface area is 152 Å². The van der Waals surface area contributed by atoms with E-state index in [1.54, 1.807) is 29.9 Å². The monoisotopic (exact) mass is 370 g/mol. The largest absolute Gasteiger partial charge is 0.345 e. The minimum Gasteiger partial charge on any atom is -0.345 e. The number of H-pyrrole nitrogens is 1. The SMILES string of the molecule is NC(c1ccc2nc[nH]c2c1)C(N)c1ccc(-c2ccsc2)c(F)c1F. The molecule has 5 N–H and O–H groups in total.